The Kier molecular flexibility index (Phi) is 5.68. The highest BCUT2D eigenvalue weighted by Gasteiger charge is 2.23. The molecule has 9 nitrogen and oxygen atoms in total. The fourth-order valence-corrected chi connectivity index (χ4v) is 4.28. The molecular formula is C23H17FN6O3S. The Morgan fingerprint density at radius 1 is 1.18 bits per heavy atom. The molecule has 3 heterocycles. The van der Waals surface area contributed by atoms with E-state index >= 15 is 0 Å². The summed E-state index contributed by atoms with van der Waals surface area (Å²) in [5, 5.41) is 16.4. The normalized spacial score (nSPS) is 12.2. The van der Waals surface area contributed by atoms with Crippen LogP contribution in [0.1, 0.15) is 5.82 Å². The average Bonchev–Trinajstić information content (AvgIpc) is 3.48. The van der Waals surface area contributed by atoms with Crippen LogP contribution in [0.3, 0.4) is 0 Å². The van der Waals surface area contributed by atoms with Gasteiger partial charge in [0.1, 0.15) is 34.3 Å². The van der Waals surface area contributed by atoms with Crippen molar-refractivity contribution in [3.8, 4) is 5.69 Å². The largest absolute Gasteiger partial charge is 0.510 e. The van der Waals surface area contributed by atoms with Crippen molar-refractivity contribution in [2.75, 3.05) is 12.9 Å². The summed E-state index contributed by atoms with van der Waals surface area (Å²) in [5.74, 6) is -1.04. The average molecular weight is 476 g/mol. The molecule has 0 spiro atoms. The molecule has 5 rings (SSSR count). The number of nitrogens with one attached hydrogen (secondary N) is 1. The number of thioether (sulfide) groups is 1. The van der Waals surface area contributed by atoms with E-state index in [9.17, 15) is 14.3 Å². The number of aromatic amines is 1. The molecule has 0 bridgehead atoms. The number of methoxy groups -OCH3 is 1. The Hall–Kier alpha value is -4.25. The van der Waals surface area contributed by atoms with Gasteiger partial charge >= 0.3 is 5.97 Å². The molecular weight excluding hydrogens is 459 g/mol. The van der Waals surface area contributed by atoms with E-state index in [4.69, 9.17) is 4.74 Å². The van der Waals surface area contributed by atoms with E-state index in [1.807, 2.05) is 18.2 Å². The summed E-state index contributed by atoms with van der Waals surface area (Å²) in [6.45, 7) is 0. The number of esters is 1. The number of hydrogen-bond donors (Lipinski definition) is 2. The van der Waals surface area contributed by atoms with Crippen molar-refractivity contribution in [2.45, 2.75) is 5.03 Å². The number of rotatable bonds is 6. The van der Waals surface area contributed by atoms with Crippen LogP contribution in [-0.4, -0.2) is 53.7 Å². The molecule has 2 N–H and O–H groups in total. The van der Waals surface area contributed by atoms with Gasteiger partial charge in [0.2, 0.25) is 0 Å². The minimum atomic E-state index is -0.714. The van der Waals surface area contributed by atoms with Gasteiger partial charge in [-0.15, -0.1) is 0 Å². The number of hydrogen-bond acceptors (Lipinski definition) is 8. The second-order valence-electron chi connectivity index (χ2n) is 7.15. The Bertz CT molecular complexity index is 1510. The maximum atomic E-state index is 13.3. The van der Waals surface area contributed by atoms with Crippen LogP contribution in [0.15, 0.2) is 71.8 Å². The highest BCUT2D eigenvalue weighted by Crippen LogP contribution is 2.29. The highest BCUT2D eigenvalue weighted by molar-refractivity contribution is 7.99. The van der Waals surface area contributed by atoms with Crippen LogP contribution in [0.5, 0.6) is 0 Å². The third-order valence-corrected chi connectivity index (χ3v) is 6.07. The van der Waals surface area contributed by atoms with E-state index in [0.717, 1.165) is 5.52 Å². The van der Waals surface area contributed by atoms with E-state index in [2.05, 4.69) is 25.0 Å². The number of H-pyrrole nitrogens is 1. The number of aliphatic hydroxyl groups is 1. The second kappa shape index (κ2) is 8.94. The van der Waals surface area contributed by atoms with E-state index in [-0.39, 0.29) is 28.7 Å². The van der Waals surface area contributed by atoms with Crippen LogP contribution in [0.4, 0.5) is 4.39 Å². The first-order chi connectivity index (χ1) is 16.5. The van der Waals surface area contributed by atoms with Crippen LogP contribution in [-0.2, 0) is 9.53 Å². The number of aliphatic hydroxyl groups excluding tert-OH is 1. The van der Waals surface area contributed by atoms with Crippen molar-refractivity contribution in [2.24, 2.45) is 0 Å². The van der Waals surface area contributed by atoms with Crippen LogP contribution in [0, 0.1) is 5.82 Å². The Morgan fingerprint density at radius 2 is 1.97 bits per heavy atom. The molecule has 11 heteroatoms. The summed E-state index contributed by atoms with van der Waals surface area (Å²) >= 11 is 1.21. The zero-order chi connectivity index (χ0) is 23.7. The lowest BCUT2D eigenvalue weighted by molar-refractivity contribution is -0.133. The molecule has 0 atom stereocenters. The monoisotopic (exact) mass is 476 g/mol. The molecule has 2 aromatic carbocycles. The number of fused-ring (bicyclic) bond motifs is 2. The van der Waals surface area contributed by atoms with Gasteiger partial charge in [-0.2, -0.15) is 5.10 Å². The number of nitrogens with zero attached hydrogens (tertiary/aromatic N) is 5. The van der Waals surface area contributed by atoms with E-state index in [0.29, 0.717) is 27.3 Å². The fraction of sp³-hybridized carbons (Fsp3) is 0.0870. The van der Waals surface area contributed by atoms with Gasteiger partial charge in [0.05, 0.1) is 41.2 Å². The van der Waals surface area contributed by atoms with Gasteiger partial charge in [-0.25, -0.2) is 28.8 Å². The maximum Gasteiger partial charge on any atom is 0.345 e. The SMILES string of the molecule is COC(=O)/C(=C(/O)CSc1ncnc2c1cnn2-c1ccc(F)cc1)c1nc2ccccc2[nH]1. The molecule has 0 unspecified atom stereocenters. The lowest BCUT2D eigenvalue weighted by Gasteiger charge is -2.07. The summed E-state index contributed by atoms with van der Waals surface area (Å²) in [6.07, 6.45) is 2.98. The first kappa shape index (κ1) is 21.6. The minimum absolute atomic E-state index is 0.0231. The van der Waals surface area contributed by atoms with Crippen molar-refractivity contribution in [1.82, 2.24) is 29.7 Å². The van der Waals surface area contributed by atoms with Gasteiger partial charge in [-0.3, -0.25) is 0 Å². The molecule has 3 aromatic heterocycles. The summed E-state index contributed by atoms with van der Waals surface area (Å²) in [4.78, 5) is 28.5. The van der Waals surface area contributed by atoms with Crippen LogP contribution >= 0.6 is 11.8 Å². The Balaban J connectivity index is 1.47. The van der Waals surface area contributed by atoms with Crippen molar-refractivity contribution < 1.29 is 19.0 Å². The fourth-order valence-electron chi connectivity index (χ4n) is 3.44. The third-order valence-electron chi connectivity index (χ3n) is 5.05. The summed E-state index contributed by atoms with van der Waals surface area (Å²) < 4.78 is 19.7. The lowest BCUT2D eigenvalue weighted by Crippen LogP contribution is -2.10. The van der Waals surface area contributed by atoms with E-state index in [1.165, 1.54) is 37.3 Å². The second-order valence-corrected chi connectivity index (χ2v) is 8.12. The number of halogens is 1. The molecule has 0 aliphatic heterocycles. The maximum absolute atomic E-state index is 13.3. The quantitative estimate of drug-likeness (QED) is 0.124. The number of carbonyl (C=O) groups excluding carboxylic acids is 1. The van der Waals surface area contributed by atoms with E-state index < -0.39 is 5.97 Å². The molecule has 34 heavy (non-hydrogen) atoms. The molecule has 0 amide bonds. The predicted molar refractivity (Wildman–Crippen MR) is 125 cm³/mol. The number of imidazole rings is 1. The summed E-state index contributed by atoms with van der Waals surface area (Å²) in [7, 11) is 1.24. The summed E-state index contributed by atoms with van der Waals surface area (Å²) in [6, 6.07) is 13.2. The van der Waals surface area contributed by atoms with E-state index in [1.54, 1.807) is 29.1 Å². The molecule has 0 aliphatic carbocycles. The van der Waals surface area contributed by atoms with Gasteiger partial charge in [0, 0.05) is 0 Å². The third kappa shape index (κ3) is 3.97. The first-order valence-electron chi connectivity index (χ1n) is 10.1. The summed E-state index contributed by atoms with van der Waals surface area (Å²) in [5.41, 5.74) is 2.50. The topological polar surface area (TPSA) is 119 Å². The molecule has 0 aliphatic rings. The van der Waals surface area contributed by atoms with Crippen molar-refractivity contribution >= 4 is 45.4 Å². The minimum Gasteiger partial charge on any atom is -0.510 e. The molecule has 170 valence electrons. The molecule has 5 aromatic rings. The predicted octanol–water partition coefficient (Wildman–Crippen LogP) is 4.07. The lowest BCUT2D eigenvalue weighted by atomic mass is 10.2. The van der Waals surface area contributed by atoms with Crippen LogP contribution in [0.25, 0.3) is 33.3 Å². The van der Waals surface area contributed by atoms with Gasteiger partial charge in [-0.1, -0.05) is 23.9 Å². The number of carbonyl (C=O) groups is 1. The highest BCUT2D eigenvalue weighted by atomic mass is 32.2. The number of aromatic nitrogens is 6. The van der Waals surface area contributed by atoms with Gasteiger partial charge in [-0.05, 0) is 36.4 Å². The Morgan fingerprint density at radius 3 is 2.74 bits per heavy atom. The number of benzene rings is 2. The molecule has 0 radical (unpaired) electrons. The zero-order valence-corrected chi connectivity index (χ0v) is 18.6. The van der Waals surface area contributed by atoms with Crippen LogP contribution in [0.2, 0.25) is 0 Å². The zero-order valence-electron chi connectivity index (χ0n) is 17.8. The van der Waals surface area contributed by atoms with Crippen LogP contribution < -0.4 is 0 Å². The van der Waals surface area contributed by atoms with Gasteiger partial charge in [0.25, 0.3) is 0 Å². The van der Waals surface area contributed by atoms with Gasteiger partial charge in [0.15, 0.2) is 5.65 Å². The smallest absolute Gasteiger partial charge is 0.345 e. The van der Waals surface area contributed by atoms with Crippen molar-refractivity contribution in [1.29, 1.82) is 0 Å². The van der Waals surface area contributed by atoms with Crippen molar-refractivity contribution in [3.63, 3.8) is 0 Å². The number of ether oxygens (including phenoxy) is 1. The number of para-hydroxylation sites is 2. The molecule has 0 fully saturated rings. The Labute approximate surface area is 196 Å². The first-order valence-corrected chi connectivity index (χ1v) is 11.1. The molecule has 0 saturated carbocycles. The van der Waals surface area contributed by atoms with Gasteiger partial charge < -0.3 is 14.8 Å². The molecule has 0 saturated heterocycles. The van der Waals surface area contributed by atoms with Crippen molar-refractivity contribution in [3.05, 3.63) is 78.5 Å². The standard InChI is InChI=1S/C23H17FN6O3S/c1-33-23(32)19(20-28-16-4-2-3-5-17(16)29-20)18(31)11-34-22-15-10-27-30(21(15)25-12-26-22)14-8-6-13(24)7-9-14/h2-10,12,31H,11H2,1H3,(H,28,29)/b19-18+.